The van der Waals surface area contributed by atoms with E-state index in [0.29, 0.717) is 18.4 Å². The standard InChI is InChI=1S/C15H27N5OS.HI/c1-10(2)11-9-22-13(19-11)8-18-14(16-6)17-7-12(21)20-15(3,4)5;/h9-10H,7-8H2,1-6H3,(H,20,21)(H2,16,17,18);1H. The van der Waals surface area contributed by atoms with Gasteiger partial charge in [0.2, 0.25) is 5.91 Å². The van der Waals surface area contributed by atoms with Gasteiger partial charge in [0.05, 0.1) is 18.8 Å². The van der Waals surface area contributed by atoms with E-state index < -0.39 is 0 Å². The van der Waals surface area contributed by atoms with Gasteiger partial charge in [0, 0.05) is 18.0 Å². The van der Waals surface area contributed by atoms with Crippen molar-refractivity contribution in [2.45, 2.75) is 52.6 Å². The summed E-state index contributed by atoms with van der Waals surface area (Å²) in [7, 11) is 1.68. The summed E-state index contributed by atoms with van der Waals surface area (Å²) in [4.78, 5) is 20.4. The molecule has 0 saturated carbocycles. The fourth-order valence-corrected chi connectivity index (χ4v) is 2.57. The maximum Gasteiger partial charge on any atom is 0.239 e. The zero-order chi connectivity index (χ0) is 16.8. The molecule has 0 radical (unpaired) electrons. The lowest BCUT2D eigenvalue weighted by Gasteiger charge is -2.21. The largest absolute Gasteiger partial charge is 0.350 e. The Morgan fingerprint density at radius 2 is 2.00 bits per heavy atom. The number of thiazole rings is 1. The third-order valence-corrected chi connectivity index (χ3v) is 3.59. The molecule has 0 fully saturated rings. The summed E-state index contributed by atoms with van der Waals surface area (Å²) in [6, 6.07) is 0. The van der Waals surface area contributed by atoms with Gasteiger partial charge in [-0.2, -0.15) is 0 Å². The van der Waals surface area contributed by atoms with Crippen LogP contribution in [0.15, 0.2) is 10.4 Å². The van der Waals surface area contributed by atoms with Crippen LogP contribution in [0, 0.1) is 0 Å². The number of hydrogen-bond acceptors (Lipinski definition) is 4. The summed E-state index contributed by atoms with van der Waals surface area (Å²) in [6.45, 7) is 10.9. The minimum Gasteiger partial charge on any atom is -0.350 e. The molecule has 0 atom stereocenters. The van der Waals surface area contributed by atoms with E-state index in [1.165, 1.54) is 0 Å². The SMILES string of the molecule is CN=C(NCC(=O)NC(C)(C)C)NCc1nc(C(C)C)cs1.I. The van der Waals surface area contributed by atoms with Crippen molar-refractivity contribution in [3.05, 3.63) is 16.1 Å². The van der Waals surface area contributed by atoms with Crippen molar-refractivity contribution >= 4 is 47.2 Å². The van der Waals surface area contributed by atoms with E-state index in [-0.39, 0.29) is 42.0 Å². The van der Waals surface area contributed by atoms with Crippen molar-refractivity contribution in [2.24, 2.45) is 4.99 Å². The molecule has 0 aromatic carbocycles. The quantitative estimate of drug-likeness (QED) is 0.364. The molecule has 0 unspecified atom stereocenters. The predicted octanol–water partition coefficient (Wildman–Crippen LogP) is 2.46. The first-order valence-electron chi connectivity index (χ1n) is 7.41. The van der Waals surface area contributed by atoms with E-state index in [0.717, 1.165) is 10.7 Å². The van der Waals surface area contributed by atoms with Gasteiger partial charge in [-0.1, -0.05) is 13.8 Å². The van der Waals surface area contributed by atoms with E-state index >= 15 is 0 Å². The second-order valence-corrected chi connectivity index (χ2v) is 7.34. The van der Waals surface area contributed by atoms with Crippen LogP contribution >= 0.6 is 35.3 Å². The van der Waals surface area contributed by atoms with Gasteiger partial charge in [0.25, 0.3) is 0 Å². The lowest BCUT2D eigenvalue weighted by Crippen LogP contribution is -2.48. The topological polar surface area (TPSA) is 78.4 Å². The molecule has 23 heavy (non-hydrogen) atoms. The second kappa shape index (κ2) is 10.1. The second-order valence-electron chi connectivity index (χ2n) is 6.40. The lowest BCUT2D eigenvalue weighted by molar-refractivity contribution is -0.121. The first kappa shape index (κ1) is 22.1. The first-order valence-corrected chi connectivity index (χ1v) is 8.29. The predicted molar refractivity (Wildman–Crippen MR) is 108 cm³/mol. The Kier molecular flexibility index (Phi) is 9.67. The number of guanidine groups is 1. The minimum atomic E-state index is -0.232. The highest BCUT2D eigenvalue weighted by molar-refractivity contribution is 14.0. The molecule has 0 aliphatic carbocycles. The molecule has 132 valence electrons. The Bertz CT molecular complexity index is 522. The van der Waals surface area contributed by atoms with Crippen LogP contribution in [0.1, 0.15) is 51.2 Å². The summed E-state index contributed by atoms with van der Waals surface area (Å²) in [5.74, 6) is 0.959. The van der Waals surface area contributed by atoms with Gasteiger partial charge in [-0.25, -0.2) is 4.98 Å². The fraction of sp³-hybridized carbons (Fsp3) is 0.667. The summed E-state index contributed by atoms with van der Waals surface area (Å²) in [5, 5.41) is 12.1. The highest BCUT2D eigenvalue weighted by atomic mass is 127. The van der Waals surface area contributed by atoms with Crippen LogP contribution in [0.3, 0.4) is 0 Å². The number of carbonyl (C=O) groups is 1. The Balaban J connectivity index is 0.00000484. The van der Waals surface area contributed by atoms with Crippen molar-refractivity contribution < 1.29 is 4.79 Å². The van der Waals surface area contributed by atoms with Gasteiger partial charge in [0.1, 0.15) is 5.01 Å². The smallest absolute Gasteiger partial charge is 0.239 e. The molecule has 0 saturated heterocycles. The molecule has 0 spiro atoms. The zero-order valence-electron chi connectivity index (χ0n) is 14.7. The van der Waals surface area contributed by atoms with Crippen LogP contribution in [-0.2, 0) is 11.3 Å². The van der Waals surface area contributed by atoms with Gasteiger partial charge < -0.3 is 16.0 Å². The summed E-state index contributed by atoms with van der Waals surface area (Å²) < 4.78 is 0. The number of aromatic nitrogens is 1. The van der Waals surface area contributed by atoms with Gasteiger partial charge in [0.15, 0.2) is 5.96 Å². The van der Waals surface area contributed by atoms with E-state index in [1.54, 1.807) is 18.4 Å². The first-order chi connectivity index (χ1) is 10.2. The maximum absolute atomic E-state index is 11.8. The number of amides is 1. The molecular weight excluding hydrogens is 425 g/mol. The number of nitrogens with one attached hydrogen (secondary N) is 3. The highest BCUT2D eigenvalue weighted by Crippen LogP contribution is 2.17. The van der Waals surface area contributed by atoms with Gasteiger partial charge in [-0.3, -0.25) is 9.79 Å². The number of hydrogen-bond donors (Lipinski definition) is 3. The lowest BCUT2D eigenvalue weighted by atomic mass is 10.1. The van der Waals surface area contributed by atoms with Crippen LogP contribution in [0.2, 0.25) is 0 Å². The Hall–Kier alpha value is -0.900. The Morgan fingerprint density at radius 1 is 1.35 bits per heavy atom. The molecule has 1 aromatic heterocycles. The van der Waals surface area contributed by atoms with Crippen LogP contribution in [-0.4, -0.2) is 36.0 Å². The zero-order valence-corrected chi connectivity index (χ0v) is 17.8. The molecule has 1 rings (SSSR count). The molecule has 0 bridgehead atoms. The molecule has 0 aliphatic heterocycles. The Morgan fingerprint density at radius 3 is 2.48 bits per heavy atom. The van der Waals surface area contributed by atoms with Crippen molar-refractivity contribution in [1.82, 2.24) is 20.9 Å². The average Bonchev–Trinajstić information content (AvgIpc) is 2.86. The van der Waals surface area contributed by atoms with E-state index in [9.17, 15) is 4.79 Å². The van der Waals surface area contributed by atoms with Gasteiger partial charge >= 0.3 is 0 Å². The fourth-order valence-electron chi connectivity index (χ4n) is 1.68. The summed E-state index contributed by atoms with van der Waals surface area (Å²) in [6.07, 6.45) is 0. The van der Waals surface area contributed by atoms with E-state index in [1.807, 2.05) is 20.8 Å². The molecule has 8 heteroatoms. The van der Waals surface area contributed by atoms with Crippen molar-refractivity contribution in [1.29, 1.82) is 0 Å². The normalized spacial score (nSPS) is 11.9. The monoisotopic (exact) mass is 453 g/mol. The van der Waals surface area contributed by atoms with Crippen LogP contribution in [0.5, 0.6) is 0 Å². The van der Waals surface area contributed by atoms with Crippen LogP contribution < -0.4 is 16.0 Å². The van der Waals surface area contributed by atoms with Crippen molar-refractivity contribution in [3.8, 4) is 0 Å². The van der Waals surface area contributed by atoms with Crippen molar-refractivity contribution in [3.63, 3.8) is 0 Å². The number of rotatable bonds is 5. The number of carbonyl (C=O) groups excluding carboxylic acids is 1. The molecular formula is C15H28IN5OS. The molecule has 1 amide bonds. The van der Waals surface area contributed by atoms with E-state index in [2.05, 4.69) is 45.2 Å². The number of aliphatic imine (C=N–C) groups is 1. The maximum atomic E-state index is 11.8. The van der Waals surface area contributed by atoms with Crippen molar-refractivity contribution in [2.75, 3.05) is 13.6 Å². The number of nitrogens with zero attached hydrogens (tertiary/aromatic N) is 2. The molecule has 1 heterocycles. The number of halogens is 1. The van der Waals surface area contributed by atoms with Crippen LogP contribution in [0.4, 0.5) is 0 Å². The average molecular weight is 453 g/mol. The van der Waals surface area contributed by atoms with Crippen LogP contribution in [0.25, 0.3) is 0 Å². The molecule has 6 nitrogen and oxygen atoms in total. The molecule has 0 aliphatic rings. The summed E-state index contributed by atoms with van der Waals surface area (Å²) >= 11 is 1.63. The third kappa shape index (κ3) is 9.09. The van der Waals surface area contributed by atoms with E-state index in [4.69, 9.17) is 0 Å². The molecule has 1 aromatic rings. The third-order valence-electron chi connectivity index (χ3n) is 2.72. The minimum absolute atomic E-state index is 0. The summed E-state index contributed by atoms with van der Waals surface area (Å²) in [5.41, 5.74) is 0.874. The van der Waals surface area contributed by atoms with Gasteiger partial charge in [-0.05, 0) is 26.7 Å². The molecule has 3 N–H and O–H groups in total. The highest BCUT2D eigenvalue weighted by Gasteiger charge is 2.13. The van der Waals surface area contributed by atoms with Gasteiger partial charge in [-0.15, -0.1) is 35.3 Å². The Labute approximate surface area is 160 Å².